The first-order valence-electron chi connectivity index (χ1n) is 11.0. The van der Waals surface area contributed by atoms with Gasteiger partial charge >= 0.3 is 11.9 Å². The second-order valence-corrected chi connectivity index (χ2v) is 8.24. The van der Waals surface area contributed by atoms with E-state index in [1.165, 1.54) is 5.56 Å². The van der Waals surface area contributed by atoms with Crippen molar-refractivity contribution in [2.75, 3.05) is 6.61 Å². The summed E-state index contributed by atoms with van der Waals surface area (Å²) < 4.78 is 11.0. The molecule has 1 N–H and O–H groups in total. The van der Waals surface area contributed by atoms with Crippen LogP contribution in [0.4, 0.5) is 0 Å². The van der Waals surface area contributed by atoms with Gasteiger partial charge in [-0.2, -0.15) is 0 Å². The van der Waals surface area contributed by atoms with Crippen LogP contribution >= 0.6 is 0 Å². The summed E-state index contributed by atoms with van der Waals surface area (Å²) in [5.41, 5.74) is 5.15. The minimum absolute atomic E-state index is 0.160. The molecule has 0 spiro atoms. The molecule has 5 heteroatoms. The number of hydrogen-bond donors (Lipinski definition) is 1. The van der Waals surface area contributed by atoms with E-state index in [-0.39, 0.29) is 13.2 Å². The van der Waals surface area contributed by atoms with Gasteiger partial charge in [0.15, 0.2) is 0 Å². The lowest BCUT2D eigenvalue weighted by Gasteiger charge is -2.30. The largest absolute Gasteiger partial charge is 0.463 e. The Balaban J connectivity index is 2.01. The van der Waals surface area contributed by atoms with E-state index >= 15 is 0 Å². The van der Waals surface area contributed by atoms with Crippen molar-refractivity contribution >= 4 is 11.9 Å². The highest BCUT2D eigenvalue weighted by molar-refractivity contribution is 5.99. The van der Waals surface area contributed by atoms with Gasteiger partial charge in [0.05, 0.1) is 23.7 Å². The van der Waals surface area contributed by atoms with Gasteiger partial charge in [0, 0.05) is 11.4 Å². The van der Waals surface area contributed by atoms with E-state index in [2.05, 4.69) is 19.2 Å². The molecule has 0 aliphatic carbocycles. The molecular weight excluding hydrogens is 402 g/mol. The topological polar surface area (TPSA) is 64.6 Å². The predicted molar refractivity (Wildman–Crippen MR) is 125 cm³/mol. The van der Waals surface area contributed by atoms with Crippen molar-refractivity contribution < 1.29 is 19.1 Å². The molecule has 2 aromatic rings. The van der Waals surface area contributed by atoms with Gasteiger partial charge in [0.25, 0.3) is 0 Å². The van der Waals surface area contributed by atoms with Crippen LogP contribution < -0.4 is 5.32 Å². The standard InChI is InChI=1S/C27H31NO4/c1-6-31-26(29)23-18(4)28-19(5)24(27(30)32-16-20-10-8-7-9-11-20)25(23)22-14-12-21(13-15-22)17(2)3/h7-15,17,25,28H,6,16H2,1-5H3/t25-/m1/s1. The average Bonchev–Trinajstić information content (AvgIpc) is 2.77. The number of hydrogen-bond acceptors (Lipinski definition) is 5. The molecule has 0 unspecified atom stereocenters. The number of rotatable bonds is 7. The number of dihydropyridines is 1. The van der Waals surface area contributed by atoms with Crippen molar-refractivity contribution in [2.24, 2.45) is 0 Å². The van der Waals surface area contributed by atoms with Gasteiger partial charge < -0.3 is 14.8 Å². The molecule has 0 saturated heterocycles. The SMILES string of the molecule is CCOC(=O)C1=C(C)NC(C)=C(C(=O)OCc2ccccc2)[C@@H]1c1ccc(C(C)C)cc1. The zero-order chi connectivity index (χ0) is 23.3. The fourth-order valence-electron chi connectivity index (χ4n) is 3.95. The summed E-state index contributed by atoms with van der Waals surface area (Å²) in [6, 6.07) is 17.6. The fraction of sp³-hybridized carbons (Fsp3) is 0.333. The van der Waals surface area contributed by atoms with Crippen LogP contribution in [-0.4, -0.2) is 18.5 Å². The molecule has 168 valence electrons. The maximum absolute atomic E-state index is 13.3. The first-order chi connectivity index (χ1) is 15.3. The van der Waals surface area contributed by atoms with Crippen molar-refractivity contribution in [1.82, 2.24) is 5.32 Å². The Labute approximate surface area is 190 Å². The van der Waals surface area contributed by atoms with Crippen LogP contribution in [-0.2, 0) is 25.7 Å². The maximum Gasteiger partial charge on any atom is 0.337 e. The van der Waals surface area contributed by atoms with Crippen LogP contribution in [0, 0.1) is 0 Å². The summed E-state index contributed by atoms with van der Waals surface area (Å²) in [5.74, 6) is -1.08. The van der Waals surface area contributed by atoms with Crippen LogP contribution in [0.1, 0.15) is 63.1 Å². The number of ether oxygens (including phenoxy) is 2. The first kappa shape index (κ1) is 23.3. The van der Waals surface area contributed by atoms with E-state index in [4.69, 9.17) is 9.47 Å². The second-order valence-electron chi connectivity index (χ2n) is 8.24. The summed E-state index contributed by atoms with van der Waals surface area (Å²) >= 11 is 0. The third kappa shape index (κ3) is 5.10. The third-order valence-corrected chi connectivity index (χ3v) is 5.62. The lowest BCUT2D eigenvalue weighted by Crippen LogP contribution is -2.32. The van der Waals surface area contributed by atoms with E-state index in [9.17, 15) is 9.59 Å². The van der Waals surface area contributed by atoms with E-state index in [0.717, 1.165) is 11.1 Å². The molecule has 0 bridgehead atoms. The minimum Gasteiger partial charge on any atom is -0.463 e. The van der Waals surface area contributed by atoms with E-state index < -0.39 is 17.9 Å². The van der Waals surface area contributed by atoms with Crippen LogP contribution in [0.15, 0.2) is 77.1 Å². The van der Waals surface area contributed by atoms with Crippen molar-refractivity contribution in [2.45, 2.75) is 53.1 Å². The Morgan fingerprint density at radius 2 is 1.44 bits per heavy atom. The van der Waals surface area contributed by atoms with E-state index in [1.807, 2.05) is 68.4 Å². The minimum atomic E-state index is -0.570. The third-order valence-electron chi connectivity index (χ3n) is 5.62. The van der Waals surface area contributed by atoms with Gasteiger partial charge in [-0.3, -0.25) is 0 Å². The fourth-order valence-corrected chi connectivity index (χ4v) is 3.95. The van der Waals surface area contributed by atoms with Crippen LogP contribution in [0.5, 0.6) is 0 Å². The number of allylic oxidation sites excluding steroid dienone is 2. The van der Waals surface area contributed by atoms with Crippen molar-refractivity contribution in [3.63, 3.8) is 0 Å². The lowest BCUT2D eigenvalue weighted by atomic mass is 9.80. The average molecular weight is 434 g/mol. The van der Waals surface area contributed by atoms with Crippen LogP contribution in [0.25, 0.3) is 0 Å². The lowest BCUT2D eigenvalue weighted by molar-refractivity contribution is -0.140. The summed E-state index contributed by atoms with van der Waals surface area (Å²) in [5, 5.41) is 3.18. The summed E-state index contributed by atoms with van der Waals surface area (Å²) in [7, 11) is 0. The molecule has 0 amide bonds. The molecule has 1 heterocycles. The highest BCUT2D eigenvalue weighted by atomic mass is 16.5. The van der Waals surface area contributed by atoms with Crippen LogP contribution in [0.3, 0.4) is 0 Å². The first-order valence-corrected chi connectivity index (χ1v) is 11.0. The molecule has 1 aliphatic heterocycles. The Kier molecular flexibility index (Phi) is 7.52. The molecule has 3 rings (SSSR count). The molecule has 2 aromatic carbocycles. The molecule has 0 saturated carbocycles. The number of nitrogens with one attached hydrogen (secondary N) is 1. The molecule has 1 atom stereocenters. The van der Waals surface area contributed by atoms with E-state index in [0.29, 0.717) is 28.5 Å². The van der Waals surface area contributed by atoms with Gasteiger partial charge in [-0.05, 0) is 43.4 Å². The molecular formula is C27H31NO4. The molecule has 1 aliphatic rings. The Morgan fingerprint density at radius 3 is 1.97 bits per heavy atom. The Morgan fingerprint density at radius 1 is 0.875 bits per heavy atom. The summed E-state index contributed by atoms with van der Waals surface area (Å²) in [4.78, 5) is 26.2. The monoisotopic (exact) mass is 433 g/mol. The van der Waals surface area contributed by atoms with E-state index in [1.54, 1.807) is 6.92 Å². The van der Waals surface area contributed by atoms with Gasteiger partial charge in [0.1, 0.15) is 6.61 Å². The highest BCUT2D eigenvalue weighted by Crippen LogP contribution is 2.39. The van der Waals surface area contributed by atoms with Crippen molar-refractivity contribution in [3.05, 3.63) is 93.8 Å². The molecule has 5 nitrogen and oxygen atoms in total. The highest BCUT2D eigenvalue weighted by Gasteiger charge is 2.38. The quantitative estimate of drug-likeness (QED) is 0.596. The molecule has 0 radical (unpaired) electrons. The summed E-state index contributed by atoms with van der Waals surface area (Å²) in [6.45, 7) is 10.1. The zero-order valence-corrected chi connectivity index (χ0v) is 19.4. The maximum atomic E-state index is 13.3. The number of esters is 2. The normalized spacial score (nSPS) is 16.1. The number of carbonyl (C=O) groups excluding carboxylic acids is 2. The van der Waals surface area contributed by atoms with Crippen LogP contribution in [0.2, 0.25) is 0 Å². The molecule has 0 aromatic heterocycles. The van der Waals surface area contributed by atoms with Gasteiger partial charge in [-0.15, -0.1) is 0 Å². The zero-order valence-electron chi connectivity index (χ0n) is 19.4. The number of benzene rings is 2. The predicted octanol–water partition coefficient (Wildman–Crippen LogP) is 5.35. The smallest absolute Gasteiger partial charge is 0.337 e. The molecule has 0 fully saturated rings. The second kappa shape index (κ2) is 10.3. The van der Waals surface area contributed by atoms with Gasteiger partial charge in [-0.1, -0.05) is 68.4 Å². The van der Waals surface area contributed by atoms with Gasteiger partial charge in [0.2, 0.25) is 0 Å². The van der Waals surface area contributed by atoms with Crippen molar-refractivity contribution in [1.29, 1.82) is 0 Å². The Bertz CT molecular complexity index is 1030. The summed E-state index contributed by atoms with van der Waals surface area (Å²) in [6.07, 6.45) is 0. The Hall–Kier alpha value is -3.34. The number of carbonyl (C=O) groups is 2. The van der Waals surface area contributed by atoms with Crippen molar-refractivity contribution in [3.8, 4) is 0 Å². The van der Waals surface area contributed by atoms with Gasteiger partial charge in [-0.25, -0.2) is 9.59 Å². The molecule has 32 heavy (non-hydrogen) atoms.